The van der Waals surface area contributed by atoms with Crippen LogP contribution in [-0.4, -0.2) is 11.7 Å². The van der Waals surface area contributed by atoms with Crippen LogP contribution < -0.4 is 5.32 Å². The minimum Gasteiger partial charge on any atom is -0.387 e. The van der Waals surface area contributed by atoms with Crippen molar-refractivity contribution in [3.63, 3.8) is 0 Å². The van der Waals surface area contributed by atoms with Crippen molar-refractivity contribution in [3.8, 4) is 0 Å². The van der Waals surface area contributed by atoms with Crippen LogP contribution in [0.25, 0.3) is 0 Å². The van der Waals surface area contributed by atoms with Gasteiger partial charge < -0.3 is 10.4 Å². The smallest absolute Gasteiger partial charge is 0.123 e. The maximum atomic E-state index is 12.9. The third-order valence-electron chi connectivity index (χ3n) is 4.18. The van der Waals surface area contributed by atoms with E-state index < -0.39 is 6.10 Å². The van der Waals surface area contributed by atoms with Gasteiger partial charge in [0.2, 0.25) is 0 Å². The van der Waals surface area contributed by atoms with Crippen molar-refractivity contribution in [1.29, 1.82) is 0 Å². The van der Waals surface area contributed by atoms with E-state index >= 15 is 0 Å². The summed E-state index contributed by atoms with van der Waals surface area (Å²) in [7, 11) is 0. The highest BCUT2D eigenvalue weighted by Gasteiger charge is 2.20. The molecule has 0 aromatic heterocycles. The Morgan fingerprint density at radius 3 is 2.71 bits per heavy atom. The van der Waals surface area contributed by atoms with Crippen LogP contribution in [0.3, 0.4) is 0 Å². The lowest BCUT2D eigenvalue weighted by atomic mass is 9.87. The first-order valence-corrected chi connectivity index (χ1v) is 7.49. The molecule has 0 saturated heterocycles. The van der Waals surface area contributed by atoms with Gasteiger partial charge >= 0.3 is 0 Å². The second-order valence-electron chi connectivity index (χ2n) is 5.62. The molecule has 0 spiro atoms. The Labute approximate surface area is 124 Å². The SMILES string of the molecule is OC(CNC1CCCc2ccccc21)c1ccc(F)cc1. The van der Waals surface area contributed by atoms with Gasteiger partial charge in [0.25, 0.3) is 0 Å². The van der Waals surface area contributed by atoms with Crippen molar-refractivity contribution in [1.82, 2.24) is 5.32 Å². The molecule has 0 bridgehead atoms. The fraction of sp³-hybridized carbons (Fsp3) is 0.333. The zero-order valence-electron chi connectivity index (χ0n) is 11.9. The molecule has 2 atom stereocenters. The highest BCUT2D eigenvalue weighted by molar-refractivity contribution is 5.32. The van der Waals surface area contributed by atoms with Gasteiger partial charge in [-0.15, -0.1) is 0 Å². The highest BCUT2D eigenvalue weighted by atomic mass is 19.1. The van der Waals surface area contributed by atoms with Crippen LogP contribution in [0.5, 0.6) is 0 Å². The van der Waals surface area contributed by atoms with E-state index in [1.807, 2.05) is 0 Å². The number of hydrogen-bond acceptors (Lipinski definition) is 2. The molecule has 2 aromatic rings. The zero-order valence-corrected chi connectivity index (χ0v) is 11.9. The zero-order chi connectivity index (χ0) is 14.7. The third-order valence-corrected chi connectivity index (χ3v) is 4.18. The van der Waals surface area contributed by atoms with E-state index in [1.54, 1.807) is 12.1 Å². The monoisotopic (exact) mass is 285 g/mol. The maximum absolute atomic E-state index is 12.9. The van der Waals surface area contributed by atoms with Gasteiger partial charge in [-0.3, -0.25) is 0 Å². The number of rotatable bonds is 4. The summed E-state index contributed by atoms with van der Waals surface area (Å²) in [6, 6.07) is 14.8. The lowest BCUT2D eigenvalue weighted by Gasteiger charge is -2.27. The molecule has 3 heteroatoms. The largest absolute Gasteiger partial charge is 0.387 e. The maximum Gasteiger partial charge on any atom is 0.123 e. The average Bonchev–Trinajstić information content (AvgIpc) is 2.53. The summed E-state index contributed by atoms with van der Waals surface area (Å²) in [6.07, 6.45) is 2.78. The number of aliphatic hydroxyl groups is 1. The summed E-state index contributed by atoms with van der Waals surface area (Å²) in [6.45, 7) is 0.477. The third kappa shape index (κ3) is 3.31. The fourth-order valence-electron chi connectivity index (χ4n) is 3.02. The van der Waals surface area contributed by atoms with Gasteiger partial charge in [-0.2, -0.15) is 0 Å². The van der Waals surface area contributed by atoms with Gasteiger partial charge in [-0.1, -0.05) is 36.4 Å². The Morgan fingerprint density at radius 2 is 1.90 bits per heavy atom. The van der Waals surface area contributed by atoms with Crippen molar-refractivity contribution in [3.05, 3.63) is 71.0 Å². The van der Waals surface area contributed by atoms with Crippen LogP contribution in [0.4, 0.5) is 4.39 Å². The van der Waals surface area contributed by atoms with Gasteiger partial charge in [-0.05, 0) is 48.1 Å². The first-order chi connectivity index (χ1) is 10.2. The molecule has 2 unspecified atom stereocenters. The van der Waals surface area contributed by atoms with Crippen molar-refractivity contribution in [2.45, 2.75) is 31.4 Å². The number of benzene rings is 2. The minimum absolute atomic E-state index is 0.278. The fourth-order valence-corrected chi connectivity index (χ4v) is 3.02. The highest BCUT2D eigenvalue weighted by Crippen LogP contribution is 2.29. The van der Waals surface area contributed by atoms with E-state index in [2.05, 4.69) is 29.6 Å². The Kier molecular flexibility index (Phi) is 4.32. The van der Waals surface area contributed by atoms with Gasteiger partial charge in [0.05, 0.1) is 6.10 Å². The number of halogens is 1. The molecule has 1 aliphatic rings. The summed E-state index contributed by atoms with van der Waals surface area (Å²) in [4.78, 5) is 0. The molecule has 0 radical (unpaired) electrons. The molecule has 1 aliphatic carbocycles. The summed E-state index contributed by atoms with van der Waals surface area (Å²) < 4.78 is 12.9. The minimum atomic E-state index is -0.611. The van der Waals surface area contributed by atoms with Crippen molar-refractivity contribution >= 4 is 0 Å². The number of nitrogens with one attached hydrogen (secondary N) is 1. The van der Waals surface area contributed by atoms with Crippen LogP contribution in [0.2, 0.25) is 0 Å². The second-order valence-corrected chi connectivity index (χ2v) is 5.62. The molecule has 0 amide bonds. The predicted octanol–water partition coefficient (Wildman–Crippen LogP) is 3.53. The summed E-state index contributed by atoms with van der Waals surface area (Å²) in [5.74, 6) is -0.278. The normalized spacial score (nSPS) is 19.0. The van der Waals surface area contributed by atoms with Gasteiger partial charge in [0, 0.05) is 12.6 Å². The topological polar surface area (TPSA) is 32.3 Å². The van der Waals surface area contributed by atoms with Crippen LogP contribution in [-0.2, 0) is 6.42 Å². The van der Waals surface area contributed by atoms with Crippen LogP contribution in [0.15, 0.2) is 48.5 Å². The van der Waals surface area contributed by atoms with Gasteiger partial charge in [0.1, 0.15) is 5.82 Å². The molecular formula is C18H20FNO. The molecule has 3 rings (SSSR count). The molecule has 0 fully saturated rings. The Morgan fingerprint density at radius 1 is 1.14 bits per heavy atom. The Balaban J connectivity index is 1.64. The van der Waals surface area contributed by atoms with Crippen LogP contribution in [0.1, 0.15) is 41.7 Å². The number of fused-ring (bicyclic) bond motifs is 1. The van der Waals surface area contributed by atoms with Crippen molar-refractivity contribution in [2.24, 2.45) is 0 Å². The van der Waals surface area contributed by atoms with Gasteiger partial charge in [-0.25, -0.2) is 4.39 Å². The molecule has 21 heavy (non-hydrogen) atoms. The molecule has 0 saturated carbocycles. The first-order valence-electron chi connectivity index (χ1n) is 7.49. The molecule has 0 heterocycles. The van der Waals surface area contributed by atoms with Crippen LogP contribution >= 0.6 is 0 Å². The lowest BCUT2D eigenvalue weighted by Crippen LogP contribution is -2.29. The van der Waals surface area contributed by atoms with Gasteiger partial charge in [0.15, 0.2) is 0 Å². The first kappa shape index (κ1) is 14.2. The number of aryl methyl sites for hydroxylation is 1. The Bertz CT molecular complexity index is 596. The average molecular weight is 285 g/mol. The molecule has 0 aliphatic heterocycles. The van der Waals surface area contributed by atoms with Crippen molar-refractivity contribution in [2.75, 3.05) is 6.54 Å². The molecule has 2 aromatic carbocycles. The summed E-state index contributed by atoms with van der Waals surface area (Å²) >= 11 is 0. The quantitative estimate of drug-likeness (QED) is 0.900. The Hall–Kier alpha value is -1.71. The molecule has 2 nitrogen and oxygen atoms in total. The summed E-state index contributed by atoms with van der Waals surface area (Å²) in [5.41, 5.74) is 3.49. The molecule has 110 valence electrons. The van der Waals surface area contributed by atoms with E-state index in [9.17, 15) is 9.50 Å². The standard InChI is InChI=1S/C18H20FNO/c19-15-10-8-14(9-11-15)18(21)12-20-17-7-3-5-13-4-1-2-6-16(13)17/h1-2,4,6,8-11,17-18,20-21H,3,5,7,12H2. The van der Waals surface area contributed by atoms with E-state index in [0.29, 0.717) is 12.6 Å². The number of aliphatic hydroxyl groups excluding tert-OH is 1. The number of hydrogen-bond donors (Lipinski definition) is 2. The van der Waals surface area contributed by atoms with Crippen LogP contribution in [0, 0.1) is 5.82 Å². The van der Waals surface area contributed by atoms with E-state index in [-0.39, 0.29) is 5.82 Å². The second kappa shape index (κ2) is 6.37. The van der Waals surface area contributed by atoms with E-state index in [4.69, 9.17) is 0 Å². The summed E-state index contributed by atoms with van der Waals surface area (Å²) in [5, 5.41) is 13.7. The lowest BCUT2D eigenvalue weighted by molar-refractivity contribution is 0.168. The van der Waals surface area contributed by atoms with E-state index in [0.717, 1.165) is 18.4 Å². The molecule has 2 N–H and O–H groups in total. The van der Waals surface area contributed by atoms with Crippen molar-refractivity contribution < 1.29 is 9.50 Å². The predicted molar refractivity (Wildman–Crippen MR) is 81.5 cm³/mol. The van der Waals surface area contributed by atoms with E-state index in [1.165, 1.54) is 29.7 Å². The molecular weight excluding hydrogens is 265 g/mol.